The normalized spacial score (nSPS) is 28.2. The second-order valence-corrected chi connectivity index (χ2v) is 5.98. The average molecular weight is 283 g/mol. The van der Waals surface area contributed by atoms with Gasteiger partial charge in [-0.2, -0.15) is 0 Å². The van der Waals surface area contributed by atoms with Gasteiger partial charge >= 0.3 is 0 Å². The monoisotopic (exact) mass is 283 g/mol. The van der Waals surface area contributed by atoms with Gasteiger partial charge in [-0.3, -0.25) is 14.5 Å². The lowest BCUT2D eigenvalue weighted by Crippen LogP contribution is -2.52. The summed E-state index contributed by atoms with van der Waals surface area (Å²) in [5.74, 6) is 0.160. The van der Waals surface area contributed by atoms with Crippen molar-refractivity contribution in [1.29, 1.82) is 0 Å². The molecule has 0 aromatic rings. The lowest BCUT2D eigenvalue weighted by molar-refractivity contribution is -0.134. The Bertz CT molecular complexity index is 375. The highest BCUT2D eigenvalue weighted by Crippen LogP contribution is 2.32. The zero-order valence-electron chi connectivity index (χ0n) is 12.5. The van der Waals surface area contributed by atoms with Crippen LogP contribution in [0.1, 0.15) is 19.8 Å². The zero-order chi connectivity index (χ0) is 14.6. The summed E-state index contributed by atoms with van der Waals surface area (Å²) < 4.78 is 5.75. The average Bonchev–Trinajstić information content (AvgIpc) is 2.61. The van der Waals surface area contributed by atoms with Crippen molar-refractivity contribution in [3.8, 4) is 0 Å². The molecule has 0 saturated carbocycles. The molecule has 2 amide bonds. The lowest BCUT2D eigenvalue weighted by atomic mass is 9.80. The van der Waals surface area contributed by atoms with Crippen molar-refractivity contribution < 1.29 is 14.3 Å². The van der Waals surface area contributed by atoms with Crippen LogP contribution in [0.5, 0.6) is 0 Å². The minimum atomic E-state index is -0.0194. The molecule has 0 aromatic carbocycles. The molecule has 0 bridgehead atoms. The lowest BCUT2D eigenvalue weighted by Gasteiger charge is -2.43. The summed E-state index contributed by atoms with van der Waals surface area (Å²) >= 11 is 0. The standard InChI is InChI=1S/C14H25N3O3/c1-12(18)17-5-3-4-14(10-17)9-16(6-7-20-11-14)8-13(19)15-2/h3-11H2,1-2H3,(H,15,19)/t14-/m0/s1. The van der Waals surface area contributed by atoms with Gasteiger partial charge < -0.3 is 15.0 Å². The Balaban J connectivity index is 2.04. The summed E-state index contributed by atoms with van der Waals surface area (Å²) in [5, 5.41) is 2.67. The molecular weight excluding hydrogens is 258 g/mol. The highest BCUT2D eigenvalue weighted by Gasteiger charge is 2.39. The number of ether oxygens (including phenoxy) is 1. The number of hydrogen-bond donors (Lipinski definition) is 1. The van der Waals surface area contributed by atoms with E-state index < -0.39 is 0 Å². The maximum atomic E-state index is 11.6. The highest BCUT2D eigenvalue weighted by molar-refractivity contribution is 5.77. The van der Waals surface area contributed by atoms with E-state index in [4.69, 9.17) is 4.74 Å². The molecule has 6 nitrogen and oxygen atoms in total. The third-order valence-electron chi connectivity index (χ3n) is 4.27. The van der Waals surface area contributed by atoms with Crippen LogP contribution in [0.15, 0.2) is 0 Å². The van der Waals surface area contributed by atoms with Crippen LogP contribution in [0.2, 0.25) is 0 Å². The highest BCUT2D eigenvalue weighted by atomic mass is 16.5. The Hall–Kier alpha value is -1.14. The Labute approximate surface area is 120 Å². The molecule has 20 heavy (non-hydrogen) atoms. The molecule has 2 saturated heterocycles. The molecule has 1 N–H and O–H groups in total. The van der Waals surface area contributed by atoms with Gasteiger partial charge in [-0.25, -0.2) is 0 Å². The number of carbonyl (C=O) groups excluding carboxylic acids is 2. The second-order valence-electron chi connectivity index (χ2n) is 5.98. The van der Waals surface area contributed by atoms with Crippen molar-refractivity contribution in [3.05, 3.63) is 0 Å². The zero-order valence-corrected chi connectivity index (χ0v) is 12.5. The number of amides is 2. The largest absolute Gasteiger partial charge is 0.379 e. The van der Waals surface area contributed by atoms with Crippen molar-refractivity contribution in [1.82, 2.24) is 15.1 Å². The first-order chi connectivity index (χ1) is 9.54. The fourth-order valence-corrected chi connectivity index (χ4v) is 3.22. The third kappa shape index (κ3) is 3.70. The second kappa shape index (κ2) is 6.54. The molecule has 0 aromatic heterocycles. The number of hydrogen-bond acceptors (Lipinski definition) is 4. The van der Waals surface area contributed by atoms with Gasteiger partial charge in [0.05, 0.1) is 19.8 Å². The maximum absolute atomic E-state index is 11.6. The van der Waals surface area contributed by atoms with E-state index in [1.807, 2.05) is 4.90 Å². The van der Waals surface area contributed by atoms with E-state index in [0.717, 1.165) is 39.0 Å². The van der Waals surface area contributed by atoms with Crippen LogP contribution >= 0.6 is 0 Å². The number of carbonyl (C=O) groups is 2. The Morgan fingerprint density at radius 3 is 2.80 bits per heavy atom. The number of rotatable bonds is 2. The van der Waals surface area contributed by atoms with Gasteiger partial charge in [0.2, 0.25) is 11.8 Å². The van der Waals surface area contributed by atoms with Crippen LogP contribution in [0, 0.1) is 5.41 Å². The fraction of sp³-hybridized carbons (Fsp3) is 0.857. The number of nitrogens with one attached hydrogen (secondary N) is 1. The summed E-state index contributed by atoms with van der Waals surface area (Å²) in [5.41, 5.74) is -0.0194. The molecule has 114 valence electrons. The Morgan fingerprint density at radius 2 is 2.10 bits per heavy atom. The summed E-state index contributed by atoms with van der Waals surface area (Å²) in [7, 11) is 1.66. The van der Waals surface area contributed by atoms with E-state index in [0.29, 0.717) is 19.8 Å². The molecule has 1 atom stereocenters. The molecule has 0 aliphatic carbocycles. The van der Waals surface area contributed by atoms with Gasteiger partial charge in [0.1, 0.15) is 0 Å². The van der Waals surface area contributed by atoms with Gasteiger partial charge in [0, 0.05) is 45.6 Å². The molecule has 2 rings (SSSR count). The van der Waals surface area contributed by atoms with Crippen molar-refractivity contribution in [2.75, 3.05) is 53.0 Å². The fourth-order valence-electron chi connectivity index (χ4n) is 3.22. The smallest absolute Gasteiger partial charge is 0.233 e. The molecule has 1 spiro atoms. The van der Waals surface area contributed by atoms with Gasteiger partial charge in [0.15, 0.2) is 0 Å². The first kappa shape index (κ1) is 15.3. The summed E-state index contributed by atoms with van der Waals surface area (Å²) in [6, 6.07) is 0. The summed E-state index contributed by atoms with van der Waals surface area (Å²) in [6.07, 6.45) is 2.07. The van der Waals surface area contributed by atoms with Crippen LogP contribution in [-0.2, 0) is 14.3 Å². The summed E-state index contributed by atoms with van der Waals surface area (Å²) in [4.78, 5) is 27.3. The first-order valence-electron chi connectivity index (χ1n) is 7.31. The number of piperidine rings is 1. The van der Waals surface area contributed by atoms with E-state index in [9.17, 15) is 9.59 Å². The topological polar surface area (TPSA) is 61.9 Å². The van der Waals surface area contributed by atoms with E-state index in [2.05, 4.69) is 10.2 Å². The van der Waals surface area contributed by atoms with Crippen LogP contribution in [0.25, 0.3) is 0 Å². The molecule has 6 heteroatoms. The minimum absolute atomic E-state index is 0.0194. The van der Waals surface area contributed by atoms with Gasteiger partial charge in [-0.15, -0.1) is 0 Å². The van der Waals surface area contributed by atoms with E-state index >= 15 is 0 Å². The van der Waals surface area contributed by atoms with Crippen LogP contribution in [0.3, 0.4) is 0 Å². The quantitative estimate of drug-likeness (QED) is 0.755. The number of likely N-dealkylation sites (N-methyl/N-ethyl adjacent to an activating group) is 1. The molecule has 2 heterocycles. The predicted molar refractivity (Wildman–Crippen MR) is 75.2 cm³/mol. The van der Waals surface area contributed by atoms with Gasteiger partial charge in [-0.1, -0.05) is 0 Å². The maximum Gasteiger partial charge on any atom is 0.233 e. The van der Waals surface area contributed by atoms with Crippen molar-refractivity contribution in [3.63, 3.8) is 0 Å². The van der Waals surface area contributed by atoms with Crippen molar-refractivity contribution >= 4 is 11.8 Å². The number of likely N-dealkylation sites (tertiary alicyclic amines) is 1. The predicted octanol–water partition coefficient (Wildman–Crippen LogP) is -0.307. The first-order valence-corrected chi connectivity index (χ1v) is 7.31. The number of nitrogens with zero attached hydrogens (tertiary/aromatic N) is 2. The Morgan fingerprint density at radius 1 is 1.30 bits per heavy atom. The van der Waals surface area contributed by atoms with E-state index in [1.54, 1.807) is 14.0 Å². The third-order valence-corrected chi connectivity index (χ3v) is 4.27. The molecule has 2 fully saturated rings. The SMILES string of the molecule is CNC(=O)CN1CCOC[C@@]2(CCCN(C(C)=O)C2)C1. The molecule has 0 unspecified atom stereocenters. The molecule has 0 radical (unpaired) electrons. The molecule has 2 aliphatic rings. The van der Waals surface area contributed by atoms with E-state index in [-0.39, 0.29) is 17.2 Å². The van der Waals surface area contributed by atoms with Crippen LogP contribution in [0.4, 0.5) is 0 Å². The van der Waals surface area contributed by atoms with E-state index in [1.165, 1.54) is 0 Å². The van der Waals surface area contributed by atoms with Crippen LogP contribution < -0.4 is 5.32 Å². The van der Waals surface area contributed by atoms with Gasteiger partial charge in [0.25, 0.3) is 0 Å². The van der Waals surface area contributed by atoms with Crippen molar-refractivity contribution in [2.45, 2.75) is 19.8 Å². The molecule has 2 aliphatic heterocycles. The van der Waals surface area contributed by atoms with Crippen LogP contribution in [-0.4, -0.2) is 74.6 Å². The summed E-state index contributed by atoms with van der Waals surface area (Å²) in [6.45, 7) is 6.54. The minimum Gasteiger partial charge on any atom is -0.379 e. The molecular formula is C14H25N3O3. The Kier molecular flexibility index (Phi) is 4.99. The van der Waals surface area contributed by atoms with Crippen molar-refractivity contribution in [2.24, 2.45) is 5.41 Å². The van der Waals surface area contributed by atoms with Gasteiger partial charge in [-0.05, 0) is 12.8 Å².